The van der Waals surface area contributed by atoms with E-state index >= 15 is 0 Å². The Labute approximate surface area is 109 Å². The molecule has 3 heteroatoms. The molecule has 1 aromatic carbocycles. The Morgan fingerprint density at radius 1 is 1.39 bits per heavy atom. The zero-order chi connectivity index (χ0) is 13.0. The largest absolute Gasteiger partial charge is 0.314 e. The van der Waals surface area contributed by atoms with Gasteiger partial charge in [-0.05, 0) is 19.4 Å². The number of hydrogen-bond donors (Lipinski definition) is 1. The van der Waals surface area contributed by atoms with Gasteiger partial charge in [0.2, 0.25) is 0 Å². The first-order valence-corrected chi connectivity index (χ1v) is 6.57. The number of aryl methyl sites for hydroxylation is 1. The minimum atomic E-state index is -0.393. The van der Waals surface area contributed by atoms with E-state index in [0.29, 0.717) is 0 Å². The Morgan fingerprint density at radius 3 is 2.72 bits per heavy atom. The van der Waals surface area contributed by atoms with Crippen molar-refractivity contribution in [2.45, 2.75) is 25.8 Å². The average molecular weight is 243 g/mol. The maximum atomic E-state index is 9.56. The number of hydrogen-bond acceptors (Lipinski definition) is 3. The Hall–Kier alpha value is -1.37. The summed E-state index contributed by atoms with van der Waals surface area (Å²) in [5, 5.41) is 12.9. The zero-order valence-electron chi connectivity index (χ0n) is 11.2. The SMILES string of the molecule is Cc1cccc(CC(C)(C#N)N2CCNCC2)c1. The quantitative estimate of drug-likeness (QED) is 0.878. The third kappa shape index (κ3) is 2.90. The summed E-state index contributed by atoms with van der Waals surface area (Å²) in [6, 6.07) is 11.0. The van der Waals surface area contributed by atoms with E-state index < -0.39 is 5.54 Å². The predicted molar refractivity (Wildman–Crippen MR) is 73.3 cm³/mol. The molecule has 2 rings (SSSR count). The molecule has 1 fully saturated rings. The van der Waals surface area contributed by atoms with Crippen LogP contribution in [0.5, 0.6) is 0 Å². The Balaban J connectivity index is 2.15. The van der Waals surface area contributed by atoms with Gasteiger partial charge in [-0.2, -0.15) is 5.26 Å². The molecular formula is C15H21N3. The second-order valence-electron chi connectivity index (χ2n) is 5.29. The van der Waals surface area contributed by atoms with Crippen LogP contribution in [-0.4, -0.2) is 36.6 Å². The third-order valence-corrected chi connectivity index (χ3v) is 3.69. The molecule has 1 atom stereocenters. The number of rotatable bonds is 3. The second kappa shape index (κ2) is 5.51. The van der Waals surface area contributed by atoms with Crippen LogP contribution < -0.4 is 5.32 Å². The summed E-state index contributed by atoms with van der Waals surface area (Å²) in [4.78, 5) is 2.30. The summed E-state index contributed by atoms with van der Waals surface area (Å²) in [6.45, 7) is 8.01. The summed E-state index contributed by atoms with van der Waals surface area (Å²) < 4.78 is 0. The van der Waals surface area contributed by atoms with Crippen LogP contribution in [0.15, 0.2) is 24.3 Å². The Kier molecular flexibility index (Phi) is 4.00. The maximum absolute atomic E-state index is 9.56. The first-order valence-electron chi connectivity index (χ1n) is 6.57. The molecule has 0 radical (unpaired) electrons. The summed E-state index contributed by atoms with van der Waals surface area (Å²) in [6.07, 6.45) is 0.797. The monoisotopic (exact) mass is 243 g/mol. The van der Waals surface area contributed by atoms with Crippen molar-refractivity contribution in [3.05, 3.63) is 35.4 Å². The number of piperazine rings is 1. The molecule has 18 heavy (non-hydrogen) atoms. The molecule has 1 aromatic rings. The van der Waals surface area contributed by atoms with Crippen molar-refractivity contribution in [3.8, 4) is 6.07 Å². The van der Waals surface area contributed by atoms with E-state index in [1.54, 1.807) is 0 Å². The van der Waals surface area contributed by atoms with Crippen LogP contribution in [0.25, 0.3) is 0 Å². The highest BCUT2D eigenvalue weighted by atomic mass is 15.2. The highest BCUT2D eigenvalue weighted by molar-refractivity contribution is 5.26. The molecule has 1 saturated heterocycles. The number of nitriles is 1. The summed E-state index contributed by atoms with van der Waals surface area (Å²) in [5.41, 5.74) is 2.11. The van der Waals surface area contributed by atoms with Gasteiger partial charge in [-0.1, -0.05) is 29.8 Å². The third-order valence-electron chi connectivity index (χ3n) is 3.69. The topological polar surface area (TPSA) is 39.1 Å². The van der Waals surface area contributed by atoms with Crippen LogP contribution in [-0.2, 0) is 6.42 Å². The Morgan fingerprint density at radius 2 is 2.11 bits per heavy atom. The van der Waals surface area contributed by atoms with Crippen molar-refractivity contribution in [1.29, 1.82) is 5.26 Å². The first-order chi connectivity index (χ1) is 8.64. The highest BCUT2D eigenvalue weighted by Crippen LogP contribution is 2.21. The molecule has 1 N–H and O–H groups in total. The van der Waals surface area contributed by atoms with Crippen LogP contribution in [0.3, 0.4) is 0 Å². The van der Waals surface area contributed by atoms with Gasteiger partial charge in [-0.3, -0.25) is 4.90 Å². The van der Waals surface area contributed by atoms with Crippen molar-refractivity contribution in [2.24, 2.45) is 0 Å². The summed E-state index contributed by atoms with van der Waals surface area (Å²) >= 11 is 0. The second-order valence-corrected chi connectivity index (χ2v) is 5.29. The molecule has 3 nitrogen and oxygen atoms in total. The molecule has 0 aromatic heterocycles. The van der Waals surface area contributed by atoms with Crippen LogP contribution >= 0.6 is 0 Å². The van der Waals surface area contributed by atoms with E-state index in [9.17, 15) is 5.26 Å². The minimum absolute atomic E-state index is 0.393. The molecule has 1 heterocycles. The molecule has 0 saturated carbocycles. The van der Waals surface area contributed by atoms with Crippen molar-refractivity contribution in [3.63, 3.8) is 0 Å². The fraction of sp³-hybridized carbons (Fsp3) is 0.533. The van der Waals surface area contributed by atoms with Gasteiger partial charge in [0.15, 0.2) is 0 Å². The van der Waals surface area contributed by atoms with Gasteiger partial charge in [-0.15, -0.1) is 0 Å². The lowest BCUT2D eigenvalue weighted by Gasteiger charge is -2.39. The molecule has 1 aliphatic heterocycles. The van der Waals surface area contributed by atoms with E-state index in [4.69, 9.17) is 0 Å². The number of nitrogens with zero attached hydrogens (tertiary/aromatic N) is 2. The molecule has 1 aliphatic rings. The number of benzene rings is 1. The molecule has 1 unspecified atom stereocenters. The van der Waals surface area contributed by atoms with Gasteiger partial charge < -0.3 is 5.32 Å². The lowest BCUT2D eigenvalue weighted by Crippen LogP contribution is -2.55. The summed E-state index contributed by atoms with van der Waals surface area (Å²) in [5.74, 6) is 0. The molecule has 0 aliphatic carbocycles. The van der Waals surface area contributed by atoms with Crippen molar-refractivity contribution < 1.29 is 0 Å². The first kappa shape index (κ1) is 13.1. The molecule has 0 spiro atoms. The van der Waals surface area contributed by atoms with Gasteiger partial charge in [0.1, 0.15) is 5.54 Å². The fourth-order valence-corrected chi connectivity index (χ4v) is 2.60. The van der Waals surface area contributed by atoms with Gasteiger partial charge in [0.05, 0.1) is 6.07 Å². The predicted octanol–water partition coefficient (Wildman–Crippen LogP) is 1.73. The molecule has 0 bridgehead atoms. The lowest BCUT2D eigenvalue weighted by atomic mass is 9.91. The smallest absolute Gasteiger partial charge is 0.110 e. The van der Waals surface area contributed by atoms with E-state index in [2.05, 4.69) is 54.4 Å². The van der Waals surface area contributed by atoms with Crippen LogP contribution in [0.1, 0.15) is 18.1 Å². The minimum Gasteiger partial charge on any atom is -0.314 e. The normalized spacial score (nSPS) is 20.1. The van der Waals surface area contributed by atoms with E-state index in [-0.39, 0.29) is 0 Å². The van der Waals surface area contributed by atoms with Gasteiger partial charge in [-0.25, -0.2) is 0 Å². The maximum Gasteiger partial charge on any atom is 0.110 e. The highest BCUT2D eigenvalue weighted by Gasteiger charge is 2.32. The van der Waals surface area contributed by atoms with Gasteiger partial charge in [0.25, 0.3) is 0 Å². The standard InChI is InChI=1S/C15H21N3/c1-13-4-3-5-14(10-13)11-15(2,12-16)18-8-6-17-7-9-18/h3-5,10,17H,6-9,11H2,1-2H3. The van der Waals surface area contributed by atoms with E-state index in [1.165, 1.54) is 11.1 Å². The van der Waals surface area contributed by atoms with Crippen molar-refractivity contribution in [1.82, 2.24) is 10.2 Å². The van der Waals surface area contributed by atoms with Gasteiger partial charge >= 0.3 is 0 Å². The molecular weight excluding hydrogens is 222 g/mol. The van der Waals surface area contributed by atoms with Crippen LogP contribution in [0.2, 0.25) is 0 Å². The molecule has 0 amide bonds. The lowest BCUT2D eigenvalue weighted by molar-refractivity contribution is 0.132. The van der Waals surface area contributed by atoms with Gasteiger partial charge in [0, 0.05) is 32.6 Å². The molecule has 96 valence electrons. The van der Waals surface area contributed by atoms with Crippen LogP contribution in [0.4, 0.5) is 0 Å². The van der Waals surface area contributed by atoms with Crippen LogP contribution in [0, 0.1) is 18.3 Å². The average Bonchev–Trinajstić information content (AvgIpc) is 2.39. The zero-order valence-corrected chi connectivity index (χ0v) is 11.2. The van der Waals surface area contributed by atoms with Crippen molar-refractivity contribution in [2.75, 3.05) is 26.2 Å². The Bertz CT molecular complexity index is 443. The van der Waals surface area contributed by atoms with E-state index in [1.807, 2.05) is 0 Å². The fourth-order valence-electron chi connectivity index (χ4n) is 2.60. The summed E-state index contributed by atoms with van der Waals surface area (Å²) in [7, 11) is 0. The number of nitrogens with one attached hydrogen (secondary N) is 1. The van der Waals surface area contributed by atoms with Crippen molar-refractivity contribution >= 4 is 0 Å². The van der Waals surface area contributed by atoms with E-state index in [0.717, 1.165) is 32.6 Å².